The van der Waals surface area contributed by atoms with Crippen LogP contribution in [0.15, 0.2) is 0 Å². The highest BCUT2D eigenvalue weighted by Crippen LogP contribution is 2.25. The Morgan fingerprint density at radius 3 is 2.95 bits per heavy atom. The molecule has 0 bridgehead atoms. The van der Waals surface area contributed by atoms with Crippen LogP contribution >= 0.6 is 0 Å². The van der Waals surface area contributed by atoms with Gasteiger partial charge in [-0.05, 0) is 18.8 Å². The van der Waals surface area contributed by atoms with Crippen molar-refractivity contribution in [2.24, 2.45) is 11.8 Å². The van der Waals surface area contributed by atoms with Crippen molar-refractivity contribution >= 4 is 5.91 Å². The number of nitrogens with one attached hydrogen (secondary N) is 2. The van der Waals surface area contributed by atoms with Gasteiger partial charge in [-0.15, -0.1) is 0 Å². The molecule has 110 valence electrons. The molecule has 5 heteroatoms. The minimum Gasteiger partial charge on any atom is -0.378 e. The van der Waals surface area contributed by atoms with Crippen LogP contribution in [0.2, 0.25) is 0 Å². The minimum absolute atomic E-state index is 0.0489. The zero-order chi connectivity index (χ0) is 13.7. The van der Waals surface area contributed by atoms with Crippen LogP contribution in [0.1, 0.15) is 26.7 Å². The summed E-state index contributed by atoms with van der Waals surface area (Å²) in [6, 6.07) is -0.198. The summed E-state index contributed by atoms with van der Waals surface area (Å²) in [4.78, 5) is 12.0. The zero-order valence-corrected chi connectivity index (χ0v) is 12.0. The Balaban J connectivity index is 1.77. The number of hydrogen-bond acceptors (Lipinski definition) is 4. The molecule has 2 heterocycles. The summed E-state index contributed by atoms with van der Waals surface area (Å²) in [6.07, 6.45) is 2.50. The lowest BCUT2D eigenvalue weighted by molar-refractivity contribution is -0.126. The van der Waals surface area contributed by atoms with Crippen LogP contribution in [-0.2, 0) is 14.3 Å². The molecule has 5 nitrogen and oxygen atoms in total. The number of rotatable bonds is 4. The summed E-state index contributed by atoms with van der Waals surface area (Å²) in [5, 5.41) is 6.22. The first-order chi connectivity index (χ1) is 9.18. The number of morpholine rings is 1. The predicted molar refractivity (Wildman–Crippen MR) is 72.9 cm³/mol. The normalized spacial score (nSPS) is 32.3. The summed E-state index contributed by atoms with van der Waals surface area (Å²) in [6.45, 7) is 7.84. The standard InChI is InChI=1S/C14H26N2O3/c1-10(2)13-11(4-3-6-19-13)8-16-14(17)12-9-18-7-5-15-12/h10-13,15H,3-9H2,1-2H3,(H,16,17). The summed E-state index contributed by atoms with van der Waals surface area (Å²) in [5.74, 6) is 0.980. The molecule has 2 aliphatic rings. The lowest BCUT2D eigenvalue weighted by Crippen LogP contribution is -2.52. The first kappa shape index (κ1) is 14.8. The Kier molecular flexibility index (Phi) is 5.60. The third kappa shape index (κ3) is 4.16. The van der Waals surface area contributed by atoms with E-state index in [0.29, 0.717) is 31.6 Å². The van der Waals surface area contributed by atoms with E-state index in [0.717, 1.165) is 26.0 Å². The van der Waals surface area contributed by atoms with Crippen LogP contribution in [-0.4, -0.2) is 51.0 Å². The number of carbonyl (C=O) groups excluding carboxylic acids is 1. The molecular formula is C14H26N2O3. The predicted octanol–water partition coefficient (Wildman–Crippen LogP) is 0.542. The van der Waals surface area contributed by atoms with Gasteiger partial charge in [0.05, 0.1) is 19.3 Å². The Labute approximate surface area is 115 Å². The monoisotopic (exact) mass is 270 g/mol. The number of ether oxygens (including phenoxy) is 2. The Morgan fingerprint density at radius 1 is 1.42 bits per heavy atom. The summed E-state index contributed by atoms with van der Waals surface area (Å²) in [5.41, 5.74) is 0. The van der Waals surface area contributed by atoms with Gasteiger partial charge in [-0.2, -0.15) is 0 Å². The summed E-state index contributed by atoms with van der Waals surface area (Å²) < 4.78 is 11.1. The molecule has 3 atom stereocenters. The topological polar surface area (TPSA) is 59.6 Å². The van der Waals surface area contributed by atoms with E-state index in [1.165, 1.54) is 0 Å². The second-order valence-corrected chi connectivity index (χ2v) is 5.81. The van der Waals surface area contributed by atoms with Gasteiger partial charge in [-0.25, -0.2) is 0 Å². The summed E-state index contributed by atoms with van der Waals surface area (Å²) >= 11 is 0. The van der Waals surface area contributed by atoms with E-state index < -0.39 is 0 Å². The molecule has 2 fully saturated rings. The number of carbonyl (C=O) groups is 1. The largest absolute Gasteiger partial charge is 0.378 e. The van der Waals surface area contributed by atoms with Gasteiger partial charge < -0.3 is 20.1 Å². The lowest BCUT2D eigenvalue weighted by Gasteiger charge is -2.35. The smallest absolute Gasteiger partial charge is 0.239 e. The van der Waals surface area contributed by atoms with Crippen LogP contribution in [0.3, 0.4) is 0 Å². The SMILES string of the molecule is CC(C)C1OCCCC1CNC(=O)C1COCCN1. The van der Waals surface area contributed by atoms with E-state index in [4.69, 9.17) is 9.47 Å². The van der Waals surface area contributed by atoms with Gasteiger partial charge in [0.2, 0.25) is 5.91 Å². The molecule has 19 heavy (non-hydrogen) atoms. The third-order valence-electron chi connectivity index (χ3n) is 3.93. The maximum Gasteiger partial charge on any atom is 0.239 e. The molecule has 0 aromatic carbocycles. The lowest BCUT2D eigenvalue weighted by atomic mass is 9.87. The van der Waals surface area contributed by atoms with Crippen molar-refractivity contribution in [3.63, 3.8) is 0 Å². The van der Waals surface area contributed by atoms with E-state index in [2.05, 4.69) is 24.5 Å². The van der Waals surface area contributed by atoms with E-state index in [9.17, 15) is 4.79 Å². The molecule has 3 unspecified atom stereocenters. The van der Waals surface area contributed by atoms with Gasteiger partial charge in [-0.3, -0.25) is 4.79 Å². The van der Waals surface area contributed by atoms with Crippen LogP contribution in [0.4, 0.5) is 0 Å². The van der Waals surface area contributed by atoms with Gasteiger partial charge in [-0.1, -0.05) is 13.8 Å². The third-order valence-corrected chi connectivity index (χ3v) is 3.93. The Morgan fingerprint density at radius 2 is 2.26 bits per heavy atom. The fourth-order valence-corrected chi connectivity index (χ4v) is 2.91. The van der Waals surface area contributed by atoms with E-state index in [1.54, 1.807) is 0 Å². The van der Waals surface area contributed by atoms with E-state index in [1.807, 2.05) is 0 Å². The number of amides is 1. The molecule has 0 radical (unpaired) electrons. The average Bonchev–Trinajstić information content (AvgIpc) is 2.46. The van der Waals surface area contributed by atoms with Crippen molar-refractivity contribution in [2.75, 3.05) is 32.9 Å². The highest BCUT2D eigenvalue weighted by Gasteiger charge is 2.29. The number of hydrogen-bond donors (Lipinski definition) is 2. The molecule has 1 amide bonds. The Bertz CT molecular complexity index is 290. The molecule has 0 aromatic heterocycles. The molecule has 2 rings (SSSR count). The first-order valence-electron chi connectivity index (χ1n) is 7.39. The van der Waals surface area contributed by atoms with Gasteiger partial charge in [0, 0.05) is 25.6 Å². The molecular weight excluding hydrogens is 244 g/mol. The second kappa shape index (κ2) is 7.22. The van der Waals surface area contributed by atoms with Crippen LogP contribution in [0.25, 0.3) is 0 Å². The fraction of sp³-hybridized carbons (Fsp3) is 0.929. The average molecular weight is 270 g/mol. The molecule has 0 aliphatic carbocycles. The van der Waals surface area contributed by atoms with Crippen molar-refractivity contribution in [2.45, 2.75) is 38.8 Å². The Hall–Kier alpha value is -0.650. The first-order valence-corrected chi connectivity index (χ1v) is 7.39. The van der Waals surface area contributed by atoms with Crippen molar-refractivity contribution in [1.29, 1.82) is 0 Å². The highest BCUT2D eigenvalue weighted by molar-refractivity contribution is 5.81. The van der Waals surface area contributed by atoms with Crippen LogP contribution in [0, 0.1) is 11.8 Å². The summed E-state index contributed by atoms with van der Waals surface area (Å²) in [7, 11) is 0. The van der Waals surface area contributed by atoms with Crippen molar-refractivity contribution < 1.29 is 14.3 Å². The molecule has 0 aromatic rings. The van der Waals surface area contributed by atoms with Gasteiger partial charge in [0.25, 0.3) is 0 Å². The maximum atomic E-state index is 12.0. The van der Waals surface area contributed by atoms with E-state index in [-0.39, 0.29) is 18.1 Å². The fourth-order valence-electron chi connectivity index (χ4n) is 2.91. The zero-order valence-electron chi connectivity index (χ0n) is 12.0. The highest BCUT2D eigenvalue weighted by atomic mass is 16.5. The maximum absolute atomic E-state index is 12.0. The molecule has 0 saturated carbocycles. The van der Waals surface area contributed by atoms with Crippen LogP contribution < -0.4 is 10.6 Å². The second-order valence-electron chi connectivity index (χ2n) is 5.81. The minimum atomic E-state index is -0.198. The van der Waals surface area contributed by atoms with Crippen molar-refractivity contribution in [1.82, 2.24) is 10.6 Å². The molecule has 2 saturated heterocycles. The molecule has 2 aliphatic heterocycles. The van der Waals surface area contributed by atoms with Crippen LogP contribution in [0.5, 0.6) is 0 Å². The van der Waals surface area contributed by atoms with Gasteiger partial charge in [0.1, 0.15) is 6.04 Å². The van der Waals surface area contributed by atoms with E-state index >= 15 is 0 Å². The van der Waals surface area contributed by atoms with Crippen molar-refractivity contribution in [3.05, 3.63) is 0 Å². The molecule has 0 spiro atoms. The van der Waals surface area contributed by atoms with Gasteiger partial charge >= 0.3 is 0 Å². The van der Waals surface area contributed by atoms with Crippen molar-refractivity contribution in [3.8, 4) is 0 Å². The van der Waals surface area contributed by atoms with Gasteiger partial charge in [0.15, 0.2) is 0 Å². The molecule has 2 N–H and O–H groups in total. The quantitative estimate of drug-likeness (QED) is 0.783.